The molecule has 1 aromatic carbocycles. The van der Waals surface area contributed by atoms with Crippen molar-refractivity contribution in [2.75, 3.05) is 20.3 Å². The van der Waals surface area contributed by atoms with Gasteiger partial charge in [0.25, 0.3) is 0 Å². The highest BCUT2D eigenvalue weighted by Gasteiger charge is 2.18. The number of rotatable bonds is 8. The van der Waals surface area contributed by atoms with E-state index >= 15 is 0 Å². The van der Waals surface area contributed by atoms with E-state index in [4.69, 9.17) is 9.47 Å². The van der Waals surface area contributed by atoms with E-state index in [1.165, 1.54) is 0 Å². The molecular formula is C17H25NO4. The Morgan fingerprint density at radius 3 is 2.32 bits per heavy atom. The standard InChI is InChI=1S/C17H25NO4/c1-5-22-17(20)10-11-18(13(2)3)16(19)12-14-6-8-15(21-4)9-7-14/h6-9,13H,5,10-12H2,1-4H3. The molecule has 0 atom stereocenters. The highest BCUT2D eigenvalue weighted by Crippen LogP contribution is 2.13. The molecular weight excluding hydrogens is 282 g/mol. The van der Waals surface area contributed by atoms with Crippen molar-refractivity contribution in [1.82, 2.24) is 4.90 Å². The summed E-state index contributed by atoms with van der Waals surface area (Å²) in [5, 5.41) is 0. The fraction of sp³-hybridized carbons (Fsp3) is 0.529. The summed E-state index contributed by atoms with van der Waals surface area (Å²) >= 11 is 0. The smallest absolute Gasteiger partial charge is 0.307 e. The van der Waals surface area contributed by atoms with Gasteiger partial charge in [0.05, 0.1) is 26.6 Å². The normalized spacial score (nSPS) is 10.4. The number of carbonyl (C=O) groups excluding carboxylic acids is 2. The maximum atomic E-state index is 12.4. The van der Waals surface area contributed by atoms with Crippen molar-refractivity contribution < 1.29 is 19.1 Å². The topological polar surface area (TPSA) is 55.8 Å². The van der Waals surface area contributed by atoms with Gasteiger partial charge in [-0.25, -0.2) is 0 Å². The number of methoxy groups -OCH3 is 1. The first kappa shape index (κ1) is 18.0. The lowest BCUT2D eigenvalue weighted by Crippen LogP contribution is -2.39. The van der Waals surface area contributed by atoms with Gasteiger partial charge in [0, 0.05) is 12.6 Å². The van der Waals surface area contributed by atoms with Crippen LogP contribution in [0.5, 0.6) is 5.75 Å². The molecule has 0 fully saturated rings. The Labute approximate surface area is 132 Å². The first-order valence-corrected chi connectivity index (χ1v) is 7.56. The van der Waals surface area contributed by atoms with Crippen molar-refractivity contribution in [3.8, 4) is 5.75 Å². The number of hydrogen-bond donors (Lipinski definition) is 0. The van der Waals surface area contributed by atoms with Crippen molar-refractivity contribution in [3.05, 3.63) is 29.8 Å². The Kier molecular flexibility index (Phi) is 7.43. The van der Waals surface area contributed by atoms with Gasteiger partial charge in [-0.2, -0.15) is 0 Å². The quantitative estimate of drug-likeness (QED) is 0.692. The molecule has 0 aliphatic carbocycles. The third-order valence-electron chi connectivity index (χ3n) is 3.32. The van der Waals surface area contributed by atoms with Gasteiger partial charge in [0.15, 0.2) is 0 Å². The number of ether oxygens (including phenoxy) is 2. The van der Waals surface area contributed by atoms with Gasteiger partial charge in [-0.15, -0.1) is 0 Å². The minimum atomic E-state index is -0.273. The highest BCUT2D eigenvalue weighted by molar-refractivity contribution is 5.79. The predicted molar refractivity (Wildman–Crippen MR) is 84.8 cm³/mol. The Morgan fingerprint density at radius 2 is 1.82 bits per heavy atom. The Morgan fingerprint density at radius 1 is 1.18 bits per heavy atom. The summed E-state index contributed by atoms with van der Waals surface area (Å²) in [6.07, 6.45) is 0.533. The van der Waals surface area contributed by atoms with Crippen molar-refractivity contribution in [2.24, 2.45) is 0 Å². The molecule has 0 radical (unpaired) electrons. The fourth-order valence-electron chi connectivity index (χ4n) is 2.14. The molecule has 1 amide bonds. The van der Waals surface area contributed by atoms with Gasteiger partial charge in [0.1, 0.15) is 5.75 Å². The van der Waals surface area contributed by atoms with Crippen LogP contribution in [0, 0.1) is 0 Å². The molecule has 0 aliphatic heterocycles. The van der Waals surface area contributed by atoms with Crippen LogP contribution in [0.4, 0.5) is 0 Å². The van der Waals surface area contributed by atoms with Crippen LogP contribution >= 0.6 is 0 Å². The lowest BCUT2D eigenvalue weighted by Gasteiger charge is -2.26. The van der Waals surface area contributed by atoms with Gasteiger partial charge in [-0.05, 0) is 38.5 Å². The molecule has 22 heavy (non-hydrogen) atoms. The van der Waals surface area contributed by atoms with Gasteiger partial charge in [0.2, 0.25) is 5.91 Å². The van der Waals surface area contributed by atoms with E-state index in [1.54, 1.807) is 18.9 Å². The van der Waals surface area contributed by atoms with E-state index in [0.717, 1.165) is 11.3 Å². The minimum Gasteiger partial charge on any atom is -0.497 e. The molecule has 0 unspecified atom stereocenters. The first-order chi connectivity index (χ1) is 10.5. The summed E-state index contributed by atoms with van der Waals surface area (Å²) in [7, 11) is 1.61. The molecule has 0 heterocycles. The summed E-state index contributed by atoms with van der Waals surface area (Å²) in [5.74, 6) is 0.495. The number of nitrogens with zero attached hydrogens (tertiary/aromatic N) is 1. The predicted octanol–water partition coefficient (Wildman–Crippen LogP) is 2.43. The zero-order chi connectivity index (χ0) is 16.5. The second kappa shape index (κ2) is 9.07. The SMILES string of the molecule is CCOC(=O)CCN(C(=O)Cc1ccc(OC)cc1)C(C)C. The zero-order valence-electron chi connectivity index (χ0n) is 13.8. The minimum absolute atomic E-state index is 0.00413. The van der Waals surface area contributed by atoms with Crippen LogP contribution in [-0.2, 0) is 20.7 Å². The van der Waals surface area contributed by atoms with E-state index < -0.39 is 0 Å². The molecule has 0 bridgehead atoms. The second-order valence-electron chi connectivity index (χ2n) is 5.26. The van der Waals surface area contributed by atoms with E-state index in [2.05, 4.69) is 0 Å². The Hall–Kier alpha value is -2.04. The third-order valence-corrected chi connectivity index (χ3v) is 3.32. The summed E-state index contributed by atoms with van der Waals surface area (Å²) in [6, 6.07) is 7.46. The highest BCUT2D eigenvalue weighted by atomic mass is 16.5. The maximum Gasteiger partial charge on any atom is 0.307 e. The van der Waals surface area contributed by atoms with Crippen LogP contribution in [0.1, 0.15) is 32.8 Å². The molecule has 0 saturated heterocycles. The maximum absolute atomic E-state index is 12.4. The van der Waals surface area contributed by atoms with Crippen LogP contribution in [-0.4, -0.2) is 43.1 Å². The average Bonchev–Trinajstić information content (AvgIpc) is 2.48. The zero-order valence-corrected chi connectivity index (χ0v) is 13.8. The summed E-state index contributed by atoms with van der Waals surface area (Å²) < 4.78 is 10.0. The summed E-state index contributed by atoms with van der Waals surface area (Å²) in [6.45, 7) is 6.40. The van der Waals surface area contributed by atoms with Crippen molar-refractivity contribution >= 4 is 11.9 Å². The average molecular weight is 307 g/mol. The van der Waals surface area contributed by atoms with E-state index in [-0.39, 0.29) is 24.3 Å². The number of esters is 1. The molecule has 0 N–H and O–H groups in total. The van der Waals surface area contributed by atoms with Gasteiger partial charge >= 0.3 is 5.97 Å². The van der Waals surface area contributed by atoms with Crippen LogP contribution in [0.15, 0.2) is 24.3 Å². The van der Waals surface area contributed by atoms with Crippen LogP contribution < -0.4 is 4.74 Å². The number of hydrogen-bond acceptors (Lipinski definition) is 4. The van der Waals surface area contributed by atoms with Gasteiger partial charge in [-0.1, -0.05) is 12.1 Å². The molecule has 5 heteroatoms. The van der Waals surface area contributed by atoms with Crippen molar-refractivity contribution in [3.63, 3.8) is 0 Å². The molecule has 1 rings (SSSR count). The molecule has 0 aromatic heterocycles. The number of benzene rings is 1. The lowest BCUT2D eigenvalue weighted by atomic mass is 10.1. The van der Waals surface area contributed by atoms with E-state index in [1.807, 2.05) is 38.1 Å². The van der Waals surface area contributed by atoms with Crippen molar-refractivity contribution in [2.45, 2.75) is 39.7 Å². The molecule has 122 valence electrons. The monoisotopic (exact) mass is 307 g/mol. The number of amides is 1. The van der Waals surface area contributed by atoms with Gasteiger partial charge < -0.3 is 14.4 Å². The summed E-state index contributed by atoms with van der Waals surface area (Å²) in [4.78, 5) is 25.6. The lowest BCUT2D eigenvalue weighted by molar-refractivity contribution is -0.144. The first-order valence-electron chi connectivity index (χ1n) is 7.56. The molecule has 0 saturated carbocycles. The van der Waals surface area contributed by atoms with Crippen LogP contribution in [0.25, 0.3) is 0 Å². The number of carbonyl (C=O) groups is 2. The molecule has 0 aliphatic rings. The van der Waals surface area contributed by atoms with E-state index in [9.17, 15) is 9.59 Å². The fourth-order valence-corrected chi connectivity index (χ4v) is 2.14. The largest absolute Gasteiger partial charge is 0.497 e. The summed E-state index contributed by atoms with van der Waals surface area (Å²) in [5.41, 5.74) is 0.924. The Balaban J connectivity index is 2.62. The van der Waals surface area contributed by atoms with Crippen molar-refractivity contribution in [1.29, 1.82) is 0 Å². The van der Waals surface area contributed by atoms with Gasteiger partial charge in [-0.3, -0.25) is 9.59 Å². The van der Waals surface area contributed by atoms with Crippen LogP contribution in [0.3, 0.4) is 0 Å². The van der Waals surface area contributed by atoms with E-state index in [0.29, 0.717) is 19.6 Å². The second-order valence-corrected chi connectivity index (χ2v) is 5.26. The Bertz CT molecular complexity index is 482. The van der Waals surface area contributed by atoms with Crippen LogP contribution in [0.2, 0.25) is 0 Å². The third kappa shape index (κ3) is 5.76. The molecule has 5 nitrogen and oxygen atoms in total. The molecule has 0 spiro atoms. The molecule has 1 aromatic rings.